The summed E-state index contributed by atoms with van der Waals surface area (Å²) in [4.78, 5) is 7.04. The summed E-state index contributed by atoms with van der Waals surface area (Å²) in [7, 11) is 1.74. The molecule has 168 valence electrons. The molecule has 5 rings (SSSR count). The van der Waals surface area contributed by atoms with Crippen molar-refractivity contribution in [2.45, 2.75) is 37.8 Å². The normalized spacial score (nSPS) is 20.6. The highest BCUT2D eigenvalue weighted by molar-refractivity contribution is 7.19. The number of aliphatic hydroxyl groups excluding tert-OH is 1. The average molecular weight is 451 g/mol. The summed E-state index contributed by atoms with van der Waals surface area (Å²) in [5, 5.41) is 12.9. The van der Waals surface area contributed by atoms with E-state index in [1.54, 1.807) is 7.11 Å². The number of rotatable bonds is 7. The number of ether oxygens (including phenoxy) is 2. The Morgan fingerprint density at radius 3 is 2.84 bits per heavy atom. The molecule has 1 saturated heterocycles. The number of benzene rings is 2. The molecule has 6 heteroatoms. The third kappa shape index (κ3) is 4.22. The van der Waals surface area contributed by atoms with E-state index < -0.39 is 6.10 Å². The first-order valence-electron chi connectivity index (χ1n) is 11.3. The highest BCUT2D eigenvalue weighted by Crippen LogP contribution is 2.40. The van der Waals surface area contributed by atoms with E-state index in [0.717, 1.165) is 41.8 Å². The number of piperidine rings is 1. The number of aliphatic hydroxyl groups is 1. The first-order chi connectivity index (χ1) is 15.6. The van der Waals surface area contributed by atoms with Crippen molar-refractivity contribution in [1.29, 1.82) is 0 Å². The second-order valence-corrected chi connectivity index (χ2v) is 9.86. The lowest BCUT2D eigenvalue weighted by Crippen LogP contribution is -2.45. The molecule has 0 bridgehead atoms. The highest BCUT2D eigenvalue weighted by atomic mass is 32.1. The van der Waals surface area contributed by atoms with Crippen LogP contribution in [0.4, 0.5) is 0 Å². The van der Waals surface area contributed by atoms with Gasteiger partial charge in [-0.05, 0) is 68.6 Å². The third-order valence-electron chi connectivity index (χ3n) is 6.61. The minimum Gasteiger partial charge on any atom is -0.496 e. The van der Waals surface area contributed by atoms with Crippen LogP contribution in [0.1, 0.15) is 30.6 Å². The minimum atomic E-state index is -0.517. The van der Waals surface area contributed by atoms with Crippen molar-refractivity contribution in [1.82, 2.24) is 9.88 Å². The van der Waals surface area contributed by atoms with Crippen LogP contribution in [-0.2, 0) is 0 Å². The fourth-order valence-corrected chi connectivity index (χ4v) is 6.10. The molecule has 2 aromatic heterocycles. The van der Waals surface area contributed by atoms with Gasteiger partial charge in [0, 0.05) is 44.6 Å². The number of nitrogens with zero attached hydrogens (tertiary/aromatic N) is 1. The number of thiophene rings is 1. The van der Waals surface area contributed by atoms with E-state index in [0.29, 0.717) is 25.1 Å². The van der Waals surface area contributed by atoms with Crippen LogP contribution in [0.2, 0.25) is 0 Å². The number of aromatic amines is 1. The summed E-state index contributed by atoms with van der Waals surface area (Å²) in [5.41, 5.74) is 1.05. The molecule has 4 aromatic rings. The molecule has 3 atom stereocenters. The monoisotopic (exact) mass is 450 g/mol. The fourth-order valence-electron chi connectivity index (χ4n) is 4.88. The number of hydrogen-bond acceptors (Lipinski definition) is 5. The molecule has 3 heterocycles. The zero-order valence-electron chi connectivity index (χ0n) is 18.6. The quantitative estimate of drug-likeness (QED) is 0.396. The van der Waals surface area contributed by atoms with Gasteiger partial charge in [-0.2, -0.15) is 0 Å². The van der Waals surface area contributed by atoms with Gasteiger partial charge in [-0.25, -0.2) is 0 Å². The van der Waals surface area contributed by atoms with Crippen LogP contribution in [0.25, 0.3) is 21.0 Å². The molecule has 0 spiro atoms. The molecule has 0 saturated carbocycles. The number of likely N-dealkylation sites (tertiary alicyclic amines) is 1. The molecular weight excluding hydrogens is 420 g/mol. The molecule has 0 amide bonds. The van der Waals surface area contributed by atoms with Crippen molar-refractivity contribution in [3.8, 4) is 11.5 Å². The van der Waals surface area contributed by atoms with E-state index in [9.17, 15) is 5.11 Å². The zero-order chi connectivity index (χ0) is 22.1. The SMILES string of the molecule is COc1cccc2sc([C@@H]3CCN(C[C@H](O)COc4cccc5[nH]ccc45)[C@H](C)C3)cc12. The van der Waals surface area contributed by atoms with Gasteiger partial charge in [0.25, 0.3) is 0 Å². The van der Waals surface area contributed by atoms with Crippen LogP contribution in [-0.4, -0.2) is 53.9 Å². The van der Waals surface area contributed by atoms with Crippen molar-refractivity contribution in [2.75, 3.05) is 26.8 Å². The van der Waals surface area contributed by atoms with Gasteiger partial charge in [0.1, 0.15) is 24.2 Å². The summed E-state index contributed by atoms with van der Waals surface area (Å²) in [6.07, 6.45) is 3.60. The molecule has 0 aliphatic carbocycles. The van der Waals surface area contributed by atoms with Crippen LogP contribution in [0.3, 0.4) is 0 Å². The maximum atomic E-state index is 10.7. The largest absolute Gasteiger partial charge is 0.496 e. The summed E-state index contributed by atoms with van der Waals surface area (Å²) in [5.74, 6) is 2.33. The van der Waals surface area contributed by atoms with Gasteiger partial charge >= 0.3 is 0 Å². The maximum Gasteiger partial charge on any atom is 0.128 e. The van der Waals surface area contributed by atoms with E-state index in [-0.39, 0.29) is 0 Å². The molecule has 0 radical (unpaired) electrons. The summed E-state index contributed by atoms with van der Waals surface area (Å²) >= 11 is 1.89. The van der Waals surface area contributed by atoms with Crippen molar-refractivity contribution in [3.63, 3.8) is 0 Å². The lowest BCUT2D eigenvalue weighted by atomic mass is 9.90. The third-order valence-corrected chi connectivity index (χ3v) is 7.87. The molecule has 2 aromatic carbocycles. The number of H-pyrrole nitrogens is 1. The van der Waals surface area contributed by atoms with Crippen molar-refractivity contribution >= 4 is 32.3 Å². The number of nitrogens with one attached hydrogen (secondary N) is 1. The Bertz CT molecular complexity index is 1200. The molecule has 1 aliphatic heterocycles. The van der Waals surface area contributed by atoms with Gasteiger partial charge in [-0.1, -0.05) is 12.1 Å². The Morgan fingerprint density at radius 1 is 1.16 bits per heavy atom. The molecule has 1 fully saturated rings. The average Bonchev–Trinajstić information content (AvgIpc) is 3.46. The molecular formula is C26H30N2O3S. The van der Waals surface area contributed by atoms with E-state index in [4.69, 9.17) is 9.47 Å². The van der Waals surface area contributed by atoms with Crippen LogP contribution < -0.4 is 9.47 Å². The zero-order valence-corrected chi connectivity index (χ0v) is 19.4. The van der Waals surface area contributed by atoms with Crippen molar-refractivity contribution in [2.24, 2.45) is 0 Å². The first-order valence-corrected chi connectivity index (χ1v) is 12.1. The van der Waals surface area contributed by atoms with Crippen LogP contribution in [0.15, 0.2) is 54.7 Å². The van der Waals surface area contributed by atoms with Gasteiger partial charge in [0.05, 0.1) is 7.11 Å². The second-order valence-electron chi connectivity index (χ2n) is 8.75. The highest BCUT2D eigenvalue weighted by Gasteiger charge is 2.29. The molecule has 1 aliphatic rings. The van der Waals surface area contributed by atoms with Gasteiger partial charge in [0.2, 0.25) is 0 Å². The Hall–Kier alpha value is -2.54. The van der Waals surface area contributed by atoms with E-state index in [1.807, 2.05) is 47.9 Å². The summed E-state index contributed by atoms with van der Waals surface area (Å²) in [6, 6.07) is 17.0. The minimum absolute atomic E-state index is 0.299. The van der Waals surface area contributed by atoms with Crippen LogP contribution in [0.5, 0.6) is 11.5 Å². The topological polar surface area (TPSA) is 57.7 Å². The summed E-state index contributed by atoms with van der Waals surface area (Å²) in [6.45, 7) is 4.19. The molecule has 2 N–H and O–H groups in total. The first kappa shape index (κ1) is 21.3. The maximum absolute atomic E-state index is 10.7. The molecule has 5 nitrogen and oxygen atoms in total. The predicted octanol–water partition coefficient (Wildman–Crippen LogP) is 5.40. The number of methoxy groups -OCH3 is 1. The van der Waals surface area contributed by atoms with Gasteiger partial charge in [-0.15, -0.1) is 11.3 Å². The van der Waals surface area contributed by atoms with Crippen molar-refractivity contribution in [3.05, 3.63) is 59.6 Å². The van der Waals surface area contributed by atoms with Crippen LogP contribution in [0, 0.1) is 0 Å². The number of aromatic nitrogens is 1. The van der Waals surface area contributed by atoms with Crippen molar-refractivity contribution < 1.29 is 14.6 Å². The lowest BCUT2D eigenvalue weighted by Gasteiger charge is -2.38. The van der Waals surface area contributed by atoms with Gasteiger partial charge in [-0.3, -0.25) is 4.90 Å². The number of hydrogen-bond donors (Lipinski definition) is 2. The fraction of sp³-hybridized carbons (Fsp3) is 0.385. The van der Waals surface area contributed by atoms with Gasteiger partial charge < -0.3 is 19.6 Å². The van der Waals surface area contributed by atoms with E-state index in [1.165, 1.54) is 15.0 Å². The molecule has 0 unspecified atom stereocenters. The summed E-state index contributed by atoms with van der Waals surface area (Å²) < 4.78 is 12.8. The predicted molar refractivity (Wildman–Crippen MR) is 131 cm³/mol. The Kier molecular flexibility index (Phi) is 6.09. The standard InChI is InChI=1S/C26H30N2O3S/c1-17-13-18(26-14-21-23(30-2)6-4-8-25(21)32-26)10-12-28(17)15-19(29)16-31-24-7-3-5-22-20(24)9-11-27-22/h3-9,11,14,17-19,27,29H,10,12-13,15-16H2,1-2H3/t17-,18-,19+/m1/s1. The van der Waals surface area contributed by atoms with Crippen LogP contribution >= 0.6 is 11.3 Å². The smallest absolute Gasteiger partial charge is 0.128 e. The second kappa shape index (κ2) is 9.14. The molecule has 32 heavy (non-hydrogen) atoms. The van der Waals surface area contributed by atoms with E-state index in [2.05, 4.69) is 35.0 Å². The Morgan fingerprint density at radius 2 is 2.00 bits per heavy atom. The lowest BCUT2D eigenvalue weighted by molar-refractivity contribution is 0.0408. The van der Waals surface area contributed by atoms with Gasteiger partial charge in [0.15, 0.2) is 0 Å². The van der Waals surface area contributed by atoms with E-state index >= 15 is 0 Å². The Balaban J connectivity index is 1.18. The number of fused-ring (bicyclic) bond motifs is 2. The Labute approximate surface area is 192 Å². The number of β-amino-alcohol motifs (C(OH)–C–C–N with tert-alkyl or cyclic N) is 1.